The summed E-state index contributed by atoms with van der Waals surface area (Å²) in [6.07, 6.45) is 1.91. The van der Waals surface area contributed by atoms with E-state index in [1.165, 1.54) is 0 Å². The van der Waals surface area contributed by atoms with E-state index in [0.717, 1.165) is 24.0 Å². The lowest BCUT2D eigenvalue weighted by atomic mass is 10.1. The summed E-state index contributed by atoms with van der Waals surface area (Å²) in [6.45, 7) is 2.31. The number of ether oxygens (including phenoxy) is 2. The summed E-state index contributed by atoms with van der Waals surface area (Å²) in [4.78, 5) is 24.1. The molecule has 0 heterocycles. The smallest absolute Gasteiger partial charge is 0.407 e. The van der Waals surface area contributed by atoms with Crippen LogP contribution >= 0.6 is 0 Å². The quantitative estimate of drug-likeness (QED) is 0.750. The van der Waals surface area contributed by atoms with Crippen LogP contribution in [0.3, 0.4) is 0 Å². The van der Waals surface area contributed by atoms with Gasteiger partial charge in [-0.3, -0.25) is 4.79 Å². The van der Waals surface area contributed by atoms with Crippen molar-refractivity contribution in [2.45, 2.75) is 44.9 Å². The Morgan fingerprint density at radius 3 is 2.52 bits per heavy atom. The highest BCUT2D eigenvalue weighted by Gasteiger charge is 2.27. The van der Waals surface area contributed by atoms with Crippen molar-refractivity contribution in [2.75, 3.05) is 6.61 Å². The van der Waals surface area contributed by atoms with Gasteiger partial charge in [0.25, 0.3) is 0 Å². The van der Waals surface area contributed by atoms with Crippen LogP contribution in [-0.2, 0) is 16.1 Å². The van der Waals surface area contributed by atoms with E-state index in [9.17, 15) is 9.59 Å². The normalized spacial score (nSPS) is 18.9. The van der Waals surface area contributed by atoms with Gasteiger partial charge in [0, 0.05) is 11.6 Å². The molecule has 1 N–H and O–H groups in total. The number of hydrogen-bond acceptors (Lipinski definition) is 4. The molecule has 0 saturated heterocycles. The van der Waals surface area contributed by atoms with Gasteiger partial charge in [0.2, 0.25) is 0 Å². The number of nitrogens with one attached hydrogen (secondary N) is 1. The number of amides is 1. The average Bonchev–Trinajstić information content (AvgIpc) is 3.13. The van der Waals surface area contributed by atoms with Gasteiger partial charge < -0.3 is 14.8 Å². The molecule has 0 spiro atoms. The molecule has 1 amide bonds. The minimum atomic E-state index is -0.416. The molecule has 2 aromatic rings. The second-order valence-corrected chi connectivity index (χ2v) is 6.94. The van der Waals surface area contributed by atoms with Gasteiger partial charge in [-0.2, -0.15) is 0 Å². The lowest BCUT2D eigenvalue weighted by molar-refractivity contribution is 0.0471. The SMILES string of the molecule is Cc1ccc(C(=O)CO[C@H]2CC[C@H](NC(=O)OCc3ccccc3)C2)cc1. The van der Waals surface area contributed by atoms with Gasteiger partial charge >= 0.3 is 6.09 Å². The van der Waals surface area contributed by atoms with Gasteiger partial charge in [-0.1, -0.05) is 60.2 Å². The molecule has 1 aliphatic rings. The van der Waals surface area contributed by atoms with Crippen molar-refractivity contribution in [1.82, 2.24) is 5.32 Å². The zero-order valence-corrected chi connectivity index (χ0v) is 15.5. The molecular formula is C22H25NO4. The van der Waals surface area contributed by atoms with Gasteiger partial charge in [-0.15, -0.1) is 0 Å². The molecule has 142 valence electrons. The average molecular weight is 367 g/mol. The van der Waals surface area contributed by atoms with Crippen LogP contribution in [0.1, 0.15) is 40.7 Å². The van der Waals surface area contributed by atoms with Crippen molar-refractivity contribution in [3.05, 3.63) is 71.3 Å². The zero-order valence-electron chi connectivity index (χ0n) is 15.5. The molecule has 2 atom stereocenters. The number of alkyl carbamates (subject to hydrolysis) is 1. The summed E-state index contributed by atoms with van der Waals surface area (Å²) in [7, 11) is 0. The molecule has 1 fully saturated rings. The minimum absolute atomic E-state index is 0.0150. The fourth-order valence-electron chi connectivity index (χ4n) is 3.17. The Morgan fingerprint density at radius 2 is 1.78 bits per heavy atom. The number of hydrogen-bond donors (Lipinski definition) is 1. The fourth-order valence-corrected chi connectivity index (χ4v) is 3.17. The Labute approximate surface area is 159 Å². The Kier molecular flexibility index (Phi) is 6.60. The Bertz CT molecular complexity index is 758. The van der Waals surface area contributed by atoms with Crippen LogP contribution < -0.4 is 5.32 Å². The van der Waals surface area contributed by atoms with E-state index in [0.29, 0.717) is 12.0 Å². The third-order valence-corrected chi connectivity index (χ3v) is 4.74. The lowest BCUT2D eigenvalue weighted by Crippen LogP contribution is -2.34. The van der Waals surface area contributed by atoms with Gasteiger partial charge in [-0.05, 0) is 31.7 Å². The first-order valence-corrected chi connectivity index (χ1v) is 9.29. The molecule has 5 heteroatoms. The molecule has 3 rings (SSSR count). The maximum absolute atomic E-state index is 12.2. The largest absolute Gasteiger partial charge is 0.445 e. The van der Waals surface area contributed by atoms with Crippen molar-refractivity contribution in [3.63, 3.8) is 0 Å². The highest BCUT2D eigenvalue weighted by molar-refractivity contribution is 5.97. The van der Waals surface area contributed by atoms with E-state index in [-0.39, 0.29) is 31.1 Å². The van der Waals surface area contributed by atoms with Gasteiger partial charge in [0.05, 0.1) is 6.10 Å². The monoisotopic (exact) mass is 367 g/mol. The van der Waals surface area contributed by atoms with Crippen LogP contribution in [0, 0.1) is 6.92 Å². The summed E-state index contributed by atoms with van der Waals surface area (Å²) in [6, 6.07) is 17.1. The van der Waals surface area contributed by atoms with E-state index in [1.54, 1.807) is 0 Å². The summed E-state index contributed by atoms with van der Waals surface area (Å²) in [5, 5.41) is 2.88. The van der Waals surface area contributed by atoms with E-state index < -0.39 is 6.09 Å². The van der Waals surface area contributed by atoms with Gasteiger partial charge in [0.1, 0.15) is 13.2 Å². The number of benzene rings is 2. The minimum Gasteiger partial charge on any atom is -0.445 e. The molecule has 0 radical (unpaired) electrons. The summed E-state index contributed by atoms with van der Waals surface area (Å²) < 4.78 is 11.0. The summed E-state index contributed by atoms with van der Waals surface area (Å²) in [5.41, 5.74) is 2.74. The van der Waals surface area contributed by atoms with E-state index in [4.69, 9.17) is 9.47 Å². The second kappa shape index (κ2) is 9.33. The number of rotatable bonds is 7. The van der Waals surface area contributed by atoms with Crippen molar-refractivity contribution < 1.29 is 19.1 Å². The fraction of sp³-hybridized carbons (Fsp3) is 0.364. The molecule has 1 aliphatic carbocycles. The standard InChI is InChI=1S/C22H25NO4/c1-16-7-9-18(10-8-16)21(24)15-26-20-12-11-19(13-20)23-22(25)27-14-17-5-3-2-4-6-17/h2-10,19-20H,11-15H2,1H3,(H,23,25)/t19-,20-/m0/s1. The number of Topliss-reactive ketones (excluding diaryl/α,β-unsaturated/α-hetero) is 1. The molecule has 1 saturated carbocycles. The number of aryl methyl sites for hydroxylation is 1. The molecule has 27 heavy (non-hydrogen) atoms. The van der Waals surface area contributed by atoms with Crippen LogP contribution in [0.15, 0.2) is 54.6 Å². The van der Waals surface area contributed by atoms with Crippen LogP contribution in [0.2, 0.25) is 0 Å². The van der Waals surface area contributed by atoms with Gasteiger partial charge in [0.15, 0.2) is 5.78 Å². The van der Waals surface area contributed by atoms with E-state index in [2.05, 4.69) is 5.32 Å². The summed E-state index contributed by atoms with van der Waals surface area (Å²) >= 11 is 0. The number of carbonyl (C=O) groups excluding carboxylic acids is 2. The van der Waals surface area contributed by atoms with Crippen molar-refractivity contribution in [3.8, 4) is 0 Å². The third kappa shape index (κ3) is 5.93. The van der Waals surface area contributed by atoms with Crippen LogP contribution in [0.25, 0.3) is 0 Å². The zero-order chi connectivity index (χ0) is 19.1. The first-order chi connectivity index (χ1) is 13.1. The Morgan fingerprint density at radius 1 is 1.04 bits per heavy atom. The number of ketones is 1. The van der Waals surface area contributed by atoms with Crippen LogP contribution in [0.5, 0.6) is 0 Å². The summed E-state index contributed by atoms with van der Waals surface area (Å²) in [5.74, 6) is -0.0197. The predicted octanol–water partition coefficient (Wildman–Crippen LogP) is 4.04. The third-order valence-electron chi connectivity index (χ3n) is 4.74. The highest BCUT2D eigenvalue weighted by Crippen LogP contribution is 2.22. The lowest BCUT2D eigenvalue weighted by Gasteiger charge is -2.14. The molecule has 0 aliphatic heterocycles. The Balaban J connectivity index is 1.36. The first-order valence-electron chi connectivity index (χ1n) is 9.29. The maximum atomic E-state index is 12.2. The molecule has 0 unspecified atom stereocenters. The van der Waals surface area contributed by atoms with E-state index >= 15 is 0 Å². The molecule has 2 aromatic carbocycles. The van der Waals surface area contributed by atoms with Crippen LogP contribution in [0.4, 0.5) is 4.79 Å². The van der Waals surface area contributed by atoms with Crippen LogP contribution in [-0.4, -0.2) is 30.6 Å². The maximum Gasteiger partial charge on any atom is 0.407 e. The highest BCUT2D eigenvalue weighted by atomic mass is 16.5. The number of carbonyl (C=O) groups is 2. The Hall–Kier alpha value is -2.66. The predicted molar refractivity (Wildman–Crippen MR) is 103 cm³/mol. The van der Waals surface area contributed by atoms with Crippen molar-refractivity contribution in [2.24, 2.45) is 0 Å². The van der Waals surface area contributed by atoms with Crippen molar-refractivity contribution >= 4 is 11.9 Å². The topological polar surface area (TPSA) is 64.6 Å². The van der Waals surface area contributed by atoms with Gasteiger partial charge in [-0.25, -0.2) is 4.79 Å². The van der Waals surface area contributed by atoms with E-state index in [1.807, 2.05) is 61.5 Å². The molecule has 5 nitrogen and oxygen atoms in total. The molecule has 0 aromatic heterocycles. The molecule has 0 bridgehead atoms. The molecular weight excluding hydrogens is 342 g/mol. The second-order valence-electron chi connectivity index (χ2n) is 6.94. The first kappa shape index (κ1) is 19.1. The van der Waals surface area contributed by atoms with Crippen molar-refractivity contribution in [1.29, 1.82) is 0 Å².